The van der Waals surface area contributed by atoms with Crippen LogP contribution < -0.4 is 10.2 Å². The molecule has 0 aliphatic carbocycles. The summed E-state index contributed by atoms with van der Waals surface area (Å²) in [5.74, 6) is 1.34. The van der Waals surface area contributed by atoms with E-state index in [2.05, 4.69) is 49.0 Å². The van der Waals surface area contributed by atoms with Gasteiger partial charge in [0.15, 0.2) is 0 Å². The molecule has 0 radical (unpaired) electrons. The van der Waals surface area contributed by atoms with E-state index in [1.165, 1.54) is 12.8 Å². The van der Waals surface area contributed by atoms with Gasteiger partial charge in [0.2, 0.25) is 5.95 Å². The SMILES string of the molecule is CCN(CC1CCCN1)c1nc(C)cc(C(C)C)n1. The molecule has 1 fully saturated rings. The second-order valence-electron chi connectivity index (χ2n) is 5.72. The number of hydrogen-bond donors (Lipinski definition) is 1. The van der Waals surface area contributed by atoms with Gasteiger partial charge in [-0.3, -0.25) is 0 Å². The number of anilines is 1. The molecule has 19 heavy (non-hydrogen) atoms. The van der Waals surface area contributed by atoms with Gasteiger partial charge in [-0.05, 0) is 45.2 Å². The van der Waals surface area contributed by atoms with Crippen molar-refractivity contribution in [1.82, 2.24) is 15.3 Å². The molecule has 2 heterocycles. The molecular weight excluding hydrogens is 236 g/mol. The van der Waals surface area contributed by atoms with E-state index in [0.29, 0.717) is 12.0 Å². The van der Waals surface area contributed by atoms with Crippen molar-refractivity contribution in [3.05, 3.63) is 17.5 Å². The lowest BCUT2D eigenvalue weighted by Crippen LogP contribution is -2.38. The van der Waals surface area contributed by atoms with E-state index >= 15 is 0 Å². The standard InChI is InChI=1S/C15H26N4/c1-5-19(10-13-7-6-8-16-13)15-17-12(4)9-14(18-15)11(2)3/h9,11,13,16H,5-8,10H2,1-4H3. The Balaban J connectivity index is 2.16. The Kier molecular flexibility index (Phi) is 4.75. The minimum Gasteiger partial charge on any atom is -0.340 e. The number of aromatic nitrogens is 2. The minimum absolute atomic E-state index is 0.448. The van der Waals surface area contributed by atoms with Gasteiger partial charge in [0, 0.05) is 30.5 Å². The molecule has 0 saturated carbocycles. The molecule has 1 atom stereocenters. The number of nitrogens with one attached hydrogen (secondary N) is 1. The topological polar surface area (TPSA) is 41.0 Å². The monoisotopic (exact) mass is 262 g/mol. The summed E-state index contributed by atoms with van der Waals surface area (Å²) in [4.78, 5) is 11.6. The summed E-state index contributed by atoms with van der Waals surface area (Å²) in [6.07, 6.45) is 2.55. The maximum atomic E-state index is 4.73. The number of rotatable bonds is 5. The summed E-state index contributed by atoms with van der Waals surface area (Å²) in [5, 5.41) is 3.55. The highest BCUT2D eigenvalue weighted by Crippen LogP contribution is 2.18. The van der Waals surface area contributed by atoms with Gasteiger partial charge in [-0.25, -0.2) is 9.97 Å². The largest absolute Gasteiger partial charge is 0.340 e. The third kappa shape index (κ3) is 3.66. The van der Waals surface area contributed by atoms with Crippen LogP contribution in [-0.2, 0) is 0 Å². The van der Waals surface area contributed by atoms with Crippen LogP contribution >= 0.6 is 0 Å². The van der Waals surface area contributed by atoms with Crippen molar-refractivity contribution >= 4 is 5.95 Å². The molecule has 2 rings (SSSR count). The predicted octanol–water partition coefficient (Wildman–Crippen LogP) is 2.49. The van der Waals surface area contributed by atoms with Crippen LogP contribution in [0.2, 0.25) is 0 Å². The summed E-state index contributed by atoms with van der Waals surface area (Å²) >= 11 is 0. The van der Waals surface area contributed by atoms with Crippen LogP contribution in [0.25, 0.3) is 0 Å². The highest BCUT2D eigenvalue weighted by Gasteiger charge is 2.19. The van der Waals surface area contributed by atoms with E-state index in [4.69, 9.17) is 4.98 Å². The molecule has 1 aliphatic rings. The van der Waals surface area contributed by atoms with Crippen LogP contribution in [0.1, 0.15) is 50.9 Å². The molecule has 0 bridgehead atoms. The van der Waals surface area contributed by atoms with E-state index in [9.17, 15) is 0 Å². The number of aryl methyl sites for hydroxylation is 1. The van der Waals surface area contributed by atoms with Gasteiger partial charge in [0.1, 0.15) is 0 Å². The maximum Gasteiger partial charge on any atom is 0.225 e. The molecule has 1 N–H and O–H groups in total. The average Bonchev–Trinajstić information content (AvgIpc) is 2.88. The molecule has 0 spiro atoms. The molecule has 106 valence electrons. The maximum absolute atomic E-state index is 4.73. The van der Waals surface area contributed by atoms with Gasteiger partial charge < -0.3 is 10.2 Å². The third-order valence-corrected chi connectivity index (χ3v) is 3.72. The van der Waals surface area contributed by atoms with Crippen LogP contribution in [0.5, 0.6) is 0 Å². The zero-order valence-electron chi connectivity index (χ0n) is 12.6. The molecule has 1 aliphatic heterocycles. The first kappa shape index (κ1) is 14.3. The predicted molar refractivity (Wildman–Crippen MR) is 79.8 cm³/mol. The average molecular weight is 262 g/mol. The summed E-state index contributed by atoms with van der Waals surface area (Å²) in [7, 11) is 0. The second-order valence-corrected chi connectivity index (χ2v) is 5.72. The molecular formula is C15H26N4. The van der Waals surface area contributed by atoms with Crippen LogP contribution in [0.4, 0.5) is 5.95 Å². The first-order valence-electron chi connectivity index (χ1n) is 7.44. The highest BCUT2D eigenvalue weighted by molar-refractivity contribution is 5.33. The van der Waals surface area contributed by atoms with E-state index in [1.807, 2.05) is 0 Å². The Bertz CT molecular complexity index is 411. The highest BCUT2D eigenvalue weighted by atomic mass is 15.3. The fraction of sp³-hybridized carbons (Fsp3) is 0.733. The van der Waals surface area contributed by atoms with E-state index < -0.39 is 0 Å². The van der Waals surface area contributed by atoms with Crippen molar-refractivity contribution in [3.63, 3.8) is 0 Å². The first-order chi connectivity index (χ1) is 9.10. The van der Waals surface area contributed by atoms with Crippen molar-refractivity contribution < 1.29 is 0 Å². The van der Waals surface area contributed by atoms with Crippen molar-refractivity contribution in [2.75, 3.05) is 24.5 Å². The quantitative estimate of drug-likeness (QED) is 0.885. The molecule has 1 unspecified atom stereocenters. The van der Waals surface area contributed by atoms with Gasteiger partial charge in [-0.1, -0.05) is 13.8 Å². The van der Waals surface area contributed by atoms with Gasteiger partial charge >= 0.3 is 0 Å². The summed E-state index contributed by atoms with van der Waals surface area (Å²) in [6.45, 7) is 11.7. The Morgan fingerprint density at radius 2 is 2.21 bits per heavy atom. The van der Waals surface area contributed by atoms with Gasteiger partial charge in [0.25, 0.3) is 0 Å². The first-order valence-corrected chi connectivity index (χ1v) is 7.44. The smallest absolute Gasteiger partial charge is 0.225 e. The van der Waals surface area contributed by atoms with Gasteiger partial charge in [0.05, 0.1) is 0 Å². The van der Waals surface area contributed by atoms with Crippen molar-refractivity contribution in [3.8, 4) is 0 Å². The van der Waals surface area contributed by atoms with Crippen molar-refractivity contribution in [1.29, 1.82) is 0 Å². The van der Waals surface area contributed by atoms with Gasteiger partial charge in [-0.15, -0.1) is 0 Å². The normalized spacial score (nSPS) is 19.1. The van der Waals surface area contributed by atoms with Crippen molar-refractivity contribution in [2.45, 2.75) is 52.5 Å². The molecule has 1 saturated heterocycles. The van der Waals surface area contributed by atoms with Gasteiger partial charge in [-0.2, -0.15) is 0 Å². The lowest BCUT2D eigenvalue weighted by atomic mass is 10.1. The Labute approximate surface area is 116 Å². The lowest BCUT2D eigenvalue weighted by Gasteiger charge is -2.25. The molecule has 0 aromatic carbocycles. The van der Waals surface area contributed by atoms with E-state index in [1.54, 1.807) is 0 Å². The lowest BCUT2D eigenvalue weighted by molar-refractivity contribution is 0.578. The molecule has 0 amide bonds. The Morgan fingerprint density at radius 3 is 2.79 bits per heavy atom. The minimum atomic E-state index is 0.448. The summed E-state index contributed by atoms with van der Waals surface area (Å²) in [5.41, 5.74) is 2.20. The van der Waals surface area contributed by atoms with Crippen molar-refractivity contribution in [2.24, 2.45) is 0 Å². The van der Waals surface area contributed by atoms with Crippen LogP contribution in [-0.4, -0.2) is 35.6 Å². The Hall–Kier alpha value is -1.16. The third-order valence-electron chi connectivity index (χ3n) is 3.72. The zero-order chi connectivity index (χ0) is 13.8. The number of likely N-dealkylation sites (N-methyl/N-ethyl adjacent to an activating group) is 1. The second kappa shape index (κ2) is 6.33. The Morgan fingerprint density at radius 1 is 1.42 bits per heavy atom. The summed E-state index contributed by atoms with van der Waals surface area (Å²) in [6, 6.07) is 2.68. The number of nitrogens with zero attached hydrogens (tertiary/aromatic N) is 3. The van der Waals surface area contributed by atoms with Crippen LogP contribution in [0.3, 0.4) is 0 Å². The van der Waals surface area contributed by atoms with E-state index in [0.717, 1.165) is 37.0 Å². The zero-order valence-corrected chi connectivity index (χ0v) is 12.6. The van der Waals surface area contributed by atoms with Crippen LogP contribution in [0, 0.1) is 6.92 Å². The number of hydrogen-bond acceptors (Lipinski definition) is 4. The van der Waals surface area contributed by atoms with E-state index in [-0.39, 0.29) is 0 Å². The van der Waals surface area contributed by atoms with Crippen LogP contribution in [0.15, 0.2) is 6.07 Å². The molecule has 1 aromatic heterocycles. The molecule has 1 aromatic rings. The summed E-state index contributed by atoms with van der Waals surface area (Å²) < 4.78 is 0. The molecule has 4 nitrogen and oxygen atoms in total. The molecule has 4 heteroatoms. The fourth-order valence-electron chi connectivity index (χ4n) is 2.54. The fourth-order valence-corrected chi connectivity index (χ4v) is 2.54.